The topological polar surface area (TPSA) is 68.2 Å². The normalized spacial score (nSPS) is 18.5. The van der Waals surface area contributed by atoms with Crippen LogP contribution in [0.2, 0.25) is 0 Å². The van der Waals surface area contributed by atoms with Crippen LogP contribution in [0, 0.1) is 5.82 Å². The smallest absolute Gasteiger partial charge is 0.239 e. The van der Waals surface area contributed by atoms with Crippen molar-refractivity contribution in [2.24, 2.45) is 7.05 Å². The lowest BCUT2D eigenvalue weighted by atomic mass is 10.2. The van der Waals surface area contributed by atoms with Crippen molar-refractivity contribution in [1.82, 2.24) is 20.2 Å². The zero-order valence-corrected chi connectivity index (χ0v) is 12.4. The Morgan fingerprint density at radius 3 is 3.23 bits per heavy atom. The molecule has 1 aliphatic rings. The molecule has 1 aromatic heterocycles. The largest absolute Gasteiger partial charge is 0.378 e. The monoisotopic (exact) mass is 306 g/mol. The van der Waals surface area contributed by atoms with Crippen molar-refractivity contribution in [3.05, 3.63) is 29.8 Å². The number of ether oxygens (including phenoxy) is 1. The number of imidazole rings is 1. The molecule has 0 bridgehead atoms. The minimum Gasteiger partial charge on any atom is -0.378 e. The molecule has 6 nitrogen and oxygen atoms in total. The molecule has 118 valence electrons. The fourth-order valence-electron chi connectivity index (χ4n) is 2.60. The van der Waals surface area contributed by atoms with Crippen LogP contribution in [-0.2, 0) is 23.0 Å². The molecule has 2 heterocycles. The van der Waals surface area contributed by atoms with Gasteiger partial charge >= 0.3 is 0 Å². The van der Waals surface area contributed by atoms with E-state index in [0.29, 0.717) is 38.2 Å². The first-order chi connectivity index (χ1) is 10.6. The second-order valence-electron chi connectivity index (χ2n) is 5.34. The lowest BCUT2D eigenvalue weighted by Gasteiger charge is -2.22. The predicted molar refractivity (Wildman–Crippen MR) is 80.0 cm³/mol. The van der Waals surface area contributed by atoms with Gasteiger partial charge in [-0.25, -0.2) is 9.37 Å². The highest BCUT2D eigenvalue weighted by Gasteiger charge is 2.20. The van der Waals surface area contributed by atoms with Crippen molar-refractivity contribution in [2.45, 2.75) is 12.5 Å². The average Bonchev–Trinajstić information content (AvgIpc) is 2.83. The summed E-state index contributed by atoms with van der Waals surface area (Å²) in [5.41, 5.74) is 1.51. The second-order valence-corrected chi connectivity index (χ2v) is 5.34. The molecule has 1 unspecified atom stereocenters. The Morgan fingerprint density at radius 1 is 1.59 bits per heavy atom. The molecule has 0 saturated carbocycles. The van der Waals surface area contributed by atoms with E-state index in [0.717, 1.165) is 11.3 Å². The van der Waals surface area contributed by atoms with E-state index < -0.39 is 0 Å². The summed E-state index contributed by atoms with van der Waals surface area (Å²) in [5, 5.41) is 5.98. The van der Waals surface area contributed by atoms with E-state index in [1.54, 1.807) is 6.07 Å². The van der Waals surface area contributed by atoms with E-state index >= 15 is 0 Å². The maximum atomic E-state index is 13.2. The van der Waals surface area contributed by atoms with Crippen LogP contribution < -0.4 is 10.6 Å². The zero-order chi connectivity index (χ0) is 15.5. The van der Waals surface area contributed by atoms with Crippen LogP contribution >= 0.6 is 0 Å². The number of carbonyl (C=O) groups is 1. The lowest BCUT2D eigenvalue weighted by Crippen LogP contribution is -2.51. The Bertz CT molecular complexity index is 679. The second kappa shape index (κ2) is 6.41. The van der Waals surface area contributed by atoms with Crippen LogP contribution in [0.4, 0.5) is 4.39 Å². The Morgan fingerprint density at radius 2 is 2.45 bits per heavy atom. The van der Waals surface area contributed by atoms with Gasteiger partial charge in [-0.05, 0) is 12.1 Å². The Hall–Kier alpha value is -1.99. The van der Waals surface area contributed by atoms with Gasteiger partial charge in [0.1, 0.15) is 17.7 Å². The number of aromatic nitrogens is 2. The van der Waals surface area contributed by atoms with E-state index in [-0.39, 0.29) is 17.8 Å². The van der Waals surface area contributed by atoms with E-state index in [9.17, 15) is 9.18 Å². The number of halogens is 1. The summed E-state index contributed by atoms with van der Waals surface area (Å²) in [6.45, 7) is 2.21. The molecule has 2 aromatic rings. The van der Waals surface area contributed by atoms with Crippen molar-refractivity contribution < 1.29 is 13.9 Å². The molecule has 1 fully saturated rings. The first kappa shape index (κ1) is 14.9. The maximum absolute atomic E-state index is 13.2. The number of fused-ring (bicyclic) bond motifs is 1. The third-order valence-corrected chi connectivity index (χ3v) is 3.82. The number of rotatable bonds is 4. The molecular formula is C15H19FN4O2. The van der Waals surface area contributed by atoms with Gasteiger partial charge in [0.15, 0.2) is 0 Å². The Labute approximate surface area is 127 Å². The lowest BCUT2D eigenvalue weighted by molar-refractivity contribution is -0.125. The van der Waals surface area contributed by atoms with E-state index in [4.69, 9.17) is 4.74 Å². The molecule has 0 spiro atoms. The van der Waals surface area contributed by atoms with Gasteiger partial charge in [-0.15, -0.1) is 0 Å². The number of benzene rings is 1. The van der Waals surface area contributed by atoms with E-state index in [1.165, 1.54) is 12.1 Å². The molecule has 22 heavy (non-hydrogen) atoms. The molecular weight excluding hydrogens is 287 g/mol. The standard InChI is InChI=1S/C15H19FN4O2/c1-20-13-3-2-10(16)8-11(13)19-14(20)4-5-18-15(21)12-9-22-7-6-17-12/h2-3,8,12,17H,4-7,9H2,1H3,(H,18,21). The summed E-state index contributed by atoms with van der Waals surface area (Å²) in [5.74, 6) is 0.451. The molecule has 1 aromatic carbocycles. The number of hydrogen-bond acceptors (Lipinski definition) is 4. The number of nitrogens with one attached hydrogen (secondary N) is 2. The minimum absolute atomic E-state index is 0.0653. The Balaban J connectivity index is 1.59. The van der Waals surface area contributed by atoms with Crippen molar-refractivity contribution >= 4 is 16.9 Å². The molecule has 1 atom stereocenters. The number of morpholine rings is 1. The average molecular weight is 306 g/mol. The molecule has 3 rings (SSSR count). The minimum atomic E-state index is -0.297. The summed E-state index contributed by atoms with van der Waals surface area (Å²) in [7, 11) is 1.89. The molecule has 0 aliphatic carbocycles. The number of aryl methyl sites for hydroxylation is 1. The van der Waals surface area contributed by atoms with Gasteiger partial charge in [-0.3, -0.25) is 4.79 Å². The fourth-order valence-corrected chi connectivity index (χ4v) is 2.60. The maximum Gasteiger partial charge on any atom is 0.239 e. The molecule has 1 amide bonds. The third-order valence-electron chi connectivity index (χ3n) is 3.82. The van der Waals surface area contributed by atoms with Gasteiger partial charge in [0.2, 0.25) is 5.91 Å². The quantitative estimate of drug-likeness (QED) is 0.856. The molecule has 1 aliphatic heterocycles. The molecule has 7 heteroatoms. The van der Waals surface area contributed by atoms with E-state index in [2.05, 4.69) is 15.6 Å². The summed E-state index contributed by atoms with van der Waals surface area (Å²) >= 11 is 0. The van der Waals surface area contributed by atoms with Crippen molar-refractivity contribution in [1.29, 1.82) is 0 Å². The van der Waals surface area contributed by atoms with E-state index in [1.807, 2.05) is 11.6 Å². The first-order valence-corrected chi connectivity index (χ1v) is 7.35. The van der Waals surface area contributed by atoms with Crippen molar-refractivity contribution in [3.8, 4) is 0 Å². The molecule has 1 saturated heterocycles. The highest BCUT2D eigenvalue weighted by Crippen LogP contribution is 2.16. The third kappa shape index (κ3) is 3.10. The van der Waals surface area contributed by atoms with Crippen LogP contribution in [0.5, 0.6) is 0 Å². The number of hydrogen-bond donors (Lipinski definition) is 2. The van der Waals surface area contributed by atoms with Gasteiger partial charge in [-0.1, -0.05) is 0 Å². The van der Waals surface area contributed by atoms with Crippen LogP contribution in [0.3, 0.4) is 0 Å². The Kier molecular flexibility index (Phi) is 4.35. The van der Waals surface area contributed by atoms with Gasteiger partial charge in [0.05, 0.1) is 24.2 Å². The van der Waals surface area contributed by atoms with Crippen LogP contribution in [0.1, 0.15) is 5.82 Å². The number of amides is 1. The highest BCUT2D eigenvalue weighted by molar-refractivity contribution is 5.82. The van der Waals surface area contributed by atoms with Crippen LogP contribution in [0.15, 0.2) is 18.2 Å². The van der Waals surface area contributed by atoms with Crippen LogP contribution in [0.25, 0.3) is 11.0 Å². The molecule has 0 radical (unpaired) electrons. The van der Waals surface area contributed by atoms with Crippen molar-refractivity contribution in [2.75, 3.05) is 26.3 Å². The summed E-state index contributed by atoms with van der Waals surface area (Å²) in [6.07, 6.45) is 0.589. The van der Waals surface area contributed by atoms with Crippen molar-refractivity contribution in [3.63, 3.8) is 0 Å². The molecule has 2 N–H and O–H groups in total. The first-order valence-electron chi connectivity index (χ1n) is 7.35. The fraction of sp³-hybridized carbons (Fsp3) is 0.467. The summed E-state index contributed by atoms with van der Waals surface area (Å²) < 4.78 is 20.4. The van der Waals surface area contributed by atoms with Gasteiger partial charge in [0.25, 0.3) is 0 Å². The SMILES string of the molecule is Cn1c(CCNC(=O)C2COCCN2)nc2cc(F)ccc21. The van der Waals surface area contributed by atoms with Gasteiger partial charge in [-0.2, -0.15) is 0 Å². The van der Waals surface area contributed by atoms with Gasteiger partial charge < -0.3 is 19.9 Å². The predicted octanol–water partition coefficient (Wildman–Crippen LogP) is 0.359. The number of carbonyl (C=O) groups excluding carboxylic acids is 1. The number of nitrogens with zero attached hydrogens (tertiary/aromatic N) is 2. The summed E-state index contributed by atoms with van der Waals surface area (Å²) in [4.78, 5) is 16.4. The van der Waals surface area contributed by atoms with Gasteiger partial charge in [0, 0.05) is 32.6 Å². The summed E-state index contributed by atoms with van der Waals surface area (Å²) in [6, 6.07) is 4.26. The van der Waals surface area contributed by atoms with Crippen LogP contribution in [-0.4, -0.2) is 47.8 Å². The highest BCUT2D eigenvalue weighted by atomic mass is 19.1. The zero-order valence-electron chi connectivity index (χ0n) is 12.4.